The highest BCUT2D eigenvalue weighted by Gasteiger charge is 2.15. The molecule has 0 heterocycles. The van der Waals surface area contributed by atoms with E-state index in [0.29, 0.717) is 24.8 Å². The number of nitrogens with one attached hydrogen (secondary N) is 1. The molecule has 0 fully saturated rings. The number of aromatic hydroxyl groups is 1. The molecule has 0 aliphatic carbocycles. The van der Waals surface area contributed by atoms with Crippen molar-refractivity contribution in [1.29, 1.82) is 0 Å². The third-order valence-corrected chi connectivity index (χ3v) is 3.47. The lowest BCUT2D eigenvalue weighted by atomic mass is 9.98. The number of carbonyl (C=O) groups excluding carboxylic acids is 1. The number of amides is 1. The second kappa shape index (κ2) is 7.14. The Labute approximate surface area is 115 Å². The largest absolute Gasteiger partial charge is 0.508 e. The Morgan fingerprint density at radius 2 is 1.84 bits per heavy atom. The van der Waals surface area contributed by atoms with Gasteiger partial charge in [0.1, 0.15) is 5.75 Å². The van der Waals surface area contributed by atoms with Crippen LogP contribution in [0.3, 0.4) is 0 Å². The third kappa shape index (κ3) is 5.30. The van der Waals surface area contributed by atoms with Crippen LogP contribution in [0, 0.1) is 11.8 Å². The average molecular weight is 264 g/mol. The molecular weight excluding hydrogens is 240 g/mol. The van der Waals surface area contributed by atoms with Gasteiger partial charge in [-0.1, -0.05) is 32.9 Å². The molecule has 2 atom stereocenters. The average Bonchev–Trinajstić information content (AvgIpc) is 2.37. The maximum absolute atomic E-state index is 11.9. The fourth-order valence-corrected chi connectivity index (χ4v) is 1.61. The van der Waals surface area contributed by atoms with Crippen molar-refractivity contribution < 1.29 is 9.90 Å². The van der Waals surface area contributed by atoms with E-state index in [1.54, 1.807) is 24.3 Å². The van der Waals surface area contributed by atoms with Crippen LogP contribution in [-0.2, 0) is 11.2 Å². The van der Waals surface area contributed by atoms with Crippen LogP contribution in [-0.4, -0.2) is 23.6 Å². The van der Waals surface area contributed by atoms with Crippen molar-refractivity contribution in [1.82, 2.24) is 5.32 Å². The van der Waals surface area contributed by atoms with Crippen LogP contribution in [0.2, 0.25) is 0 Å². The summed E-state index contributed by atoms with van der Waals surface area (Å²) in [6, 6.07) is 6.20. The van der Waals surface area contributed by atoms with Gasteiger partial charge in [-0.05, 0) is 36.0 Å². The van der Waals surface area contributed by atoms with Crippen LogP contribution in [0.4, 0.5) is 0 Å². The van der Waals surface area contributed by atoms with E-state index < -0.39 is 6.04 Å². The molecule has 1 aromatic rings. The summed E-state index contributed by atoms with van der Waals surface area (Å²) in [5.74, 6) is 1.06. The number of phenols is 1. The molecule has 0 bridgehead atoms. The number of hydrogen-bond donors (Lipinski definition) is 3. The molecule has 0 radical (unpaired) electrons. The van der Waals surface area contributed by atoms with Gasteiger partial charge in [0.15, 0.2) is 0 Å². The van der Waals surface area contributed by atoms with E-state index in [-0.39, 0.29) is 11.7 Å². The standard InChI is InChI=1S/C15H24N2O2/c1-10(2)11(3)9-17-15(19)14(16)8-12-4-6-13(18)7-5-12/h4-7,10-11,14,18H,8-9,16H2,1-3H3,(H,17,19)/t11?,14-/m0/s1. The Hall–Kier alpha value is -1.55. The van der Waals surface area contributed by atoms with E-state index in [4.69, 9.17) is 5.73 Å². The molecule has 0 saturated heterocycles. The number of carbonyl (C=O) groups is 1. The van der Waals surface area contributed by atoms with E-state index in [9.17, 15) is 9.90 Å². The Morgan fingerprint density at radius 1 is 1.26 bits per heavy atom. The molecule has 0 saturated carbocycles. The van der Waals surface area contributed by atoms with Gasteiger partial charge in [-0.25, -0.2) is 0 Å². The van der Waals surface area contributed by atoms with E-state index in [1.807, 2.05) is 0 Å². The first-order valence-corrected chi connectivity index (χ1v) is 6.71. The number of phenolic OH excluding ortho intramolecular Hbond substituents is 1. The summed E-state index contributed by atoms with van der Waals surface area (Å²) >= 11 is 0. The highest BCUT2D eigenvalue weighted by Crippen LogP contribution is 2.11. The van der Waals surface area contributed by atoms with Crippen molar-refractivity contribution in [3.05, 3.63) is 29.8 Å². The fraction of sp³-hybridized carbons (Fsp3) is 0.533. The minimum Gasteiger partial charge on any atom is -0.508 e. The highest BCUT2D eigenvalue weighted by atomic mass is 16.3. The molecule has 4 N–H and O–H groups in total. The van der Waals surface area contributed by atoms with Crippen molar-refractivity contribution in [3.8, 4) is 5.75 Å². The lowest BCUT2D eigenvalue weighted by Gasteiger charge is -2.18. The van der Waals surface area contributed by atoms with Crippen LogP contribution in [0.1, 0.15) is 26.3 Å². The molecule has 1 amide bonds. The molecule has 106 valence electrons. The summed E-state index contributed by atoms with van der Waals surface area (Å²) in [6.07, 6.45) is 0.474. The van der Waals surface area contributed by atoms with Crippen molar-refractivity contribution >= 4 is 5.91 Å². The topological polar surface area (TPSA) is 75.4 Å². The van der Waals surface area contributed by atoms with Gasteiger partial charge in [0.05, 0.1) is 6.04 Å². The Kier molecular flexibility index (Phi) is 5.83. The molecule has 19 heavy (non-hydrogen) atoms. The molecular formula is C15H24N2O2. The van der Waals surface area contributed by atoms with Crippen LogP contribution in [0.5, 0.6) is 5.75 Å². The van der Waals surface area contributed by atoms with Gasteiger partial charge in [-0.2, -0.15) is 0 Å². The molecule has 4 heteroatoms. The van der Waals surface area contributed by atoms with Gasteiger partial charge < -0.3 is 16.2 Å². The van der Waals surface area contributed by atoms with E-state index in [1.165, 1.54) is 0 Å². The number of benzene rings is 1. The predicted molar refractivity (Wildman–Crippen MR) is 76.8 cm³/mol. The van der Waals surface area contributed by atoms with Crippen LogP contribution in [0.15, 0.2) is 24.3 Å². The predicted octanol–water partition coefficient (Wildman–Crippen LogP) is 1.67. The van der Waals surface area contributed by atoms with Crippen molar-refractivity contribution in [3.63, 3.8) is 0 Å². The monoisotopic (exact) mass is 264 g/mol. The molecule has 1 rings (SSSR count). The van der Waals surface area contributed by atoms with Gasteiger partial charge in [0.25, 0.3) is 0 Å². The van der Waals surface area contributed by atoms with Crippen molar-refractivity contribution in [2.45, 2.75) is 33.2 Å². The summed E-state index contributed by atoms with van der Waals surface area (Å²) in [6.45, 7) is 7.02. The van der Waals surface area contributed by atoms with Gasteiger partial charge in [0.2, 0.25) is 5.91 Å². The van der Waals surface area contributed by atoms with Crippen LogP contribution in [0.25, 0.3) is 0 Å². The maximum Gasteiger partial charge on any atom is 0.237 e. The Morgan fingerprint density at radius 3 is 2.37 bits per heavy atom. The SMILES string of the molecule is CC(C)C(C)CNC(=O)[C@@H](N)Cc1ccc(O)cc1. The van der Waals surface area contributed by atoms with E-state index >= 15 is 0 Å². The van der Waals surface area contributed by atoms with Crippen molar-refractivity contribution in [2.75, 3.05) is 6.54 Å². The molecule has 0 aliphatic rings. The molecule has 1 unspecified atom stereocenters. The first kappa shape index (κ1) is 15.5. The summed E-state index contributed by atoms with van der Waals surface area (Å²) in [5, 5.41) is 12.1. The molecule has 4 nitrogen and oxygen atoms in total. The minimum atomic E-state index is -0.552. The van der Waals surface area contributed by atoms with Gasteiger partial charge in [-0.3, -0.25) is 4.79 Å². The number of nitrogens with two attached hydrogens (primary N) is 1. The lowest BCUT2D eigenvalue weighted by molar-refractivity contribution is -0.122. The Balaban J connectivity index is 2.42. The zero-order chi connectivity index (χ0) is 14.4. The molecule has 1 aromatic carbocycles. The summed E-state index contributed by atoms with van der Waals surface area (Å²) in [7, 11) is 0. The smallest absolute Gasteiger partial charge is 0.237 e. The molecule has 0 aromatic heterocycles. The molecule has 0 spiro atoms. The second-order valence-corrected chi connectivity index (χ2v) is 5.44. The Bertz CT molecular complexity index is 401. The lowest BCUT2D eigenvalue weighted by Crippen LogP contribution is -2.43. The van der Waals surface area contributed by atoms with Crippen LogP contribution >= 0.6 is 0 Å². The highest BCUT2D eigenvalue weighted by molar-refractivity contribution is 5.81. The number of rotatable bonds is 6. The summed E-state index contributed by atoms with van der Waals surface area (Å²) < 4.78 is 0. The van der Waals surface area contributed by atoms with Gasteiger partial charge >= 0.3 is 0 Å². The summed E-state index contributed by atoms with van der Waals surface area (Å²) in [4.78, 5) is 11.9. The summed E-state index contributed by atoms with van der Waals surface area (Å²) in [5.41, 5.74) is 6.82. The minimum absolute atomic E-state index is 0.124. The molecule has 0 aliphatic heterocycles. The van der Waals surface area contributed by atoms with Gasteiger partial charge in [0, 0.05) is 6.54 Å². The van der Waals surface area contributed by atoms with E-state index in [0.717, 1.165) is 5.56 Å². The van der Waals surface area contributed by atoms with Gasteiger partial charge in [-0.15, -0.1) is 0 Å². The number of hydrogen-bond acceptors (Lipinski definition) is 3. The van der Waals surface area contributed by atoms with Crippen LogP contribution < -0.4 is 11.1 Å². The first-order chi connectivity index (χ1) is 8.90. The zero-order valence-corrected chi connectivity index (χ0v) is 11.9. The zero-order valence-electron chi connectivity index (χ0n) is 11.9. The fourth-order valence-electron chi connectivity index (χ4n) is 1.61. The normalized spacial score (nSPS) is 14.2. The maximum atomic E-state index is 11.9. The van der Waals surface area contributed by atoms with E-state index in [2.05, 4.69) is 26.1 Å². The third-order valence-electron chi connectivity index (χ3n) is 3.47. The second-order valence-electron chi connectivity index (χ2n) is 5.44. The quantitative estimate of drug-likeness (QED) is 0.731. The van der Waals surface area contributed by atoms with Crippen molar-refractivity contribution in [2.24, 2.45) is 17.6 Å². The first-order valence-electron chi connectivity index (χ1n) is 6.71.